The van der Waals surface area contributed by atoms with Crippen LogP contribution < -0.4 is 5.56 Å². The number of aromatic nitrogens is 5. The summed E-state index contributed by atoms with van der Waals surface area (Å²) in [5, 5.41) is 5.20. The molecule has 0 fully saturated rings. The molecule has 5 rings (SSSR count). The maximum Gasteiger partial charge on any atom is 0.267 e. The van der Waals surface area contributed by atoms with Gasteiger partial charge in [0.15, 0.2) is 5.16 Å². The second kappa shape index (κ2) is 7.38. The first-order valence-electron chi connectivity index (χ1n) is 9.41. The van der Waals surface area contributed by atoms with E-state index in [1.54, 1.807) is 34.2 Å². The summed E-state index contributed by atoms with van der Waals surface area (Å²) in [7, 11) is 1.82. The molecule has 29 heavy (non-hydrogen) atoms. The van der Waals surface area contributed by atoms with Crippen molar-refractivity contribution in [2.24, 2.45) is 7.05 Å². The molecular weight excluding hydrogens is 409 g/mol. The maximum atomic E-state index is 14.7. The van der Waals surface area contributed by atoms with Gasteiger partial charge in [0.1, 0.15) is 22.8 Å². The fourth-order valence-electron chi connectivity index (χ4n) is 3.71. The average molecular weight is 428 g/mol. The molecule has 0 spiro atoms. The minimum atomic E-state index is -0.444. The Bertz CT molecular complexity index is 1280. The van der Waals surface area contributed by atoms with Gasteiger partial charge in [0.05, 0.1) is 16.8 Å². The summed E-state index contributed by atoms with van der Waals surface area (Å²) < 4.78 is 17.8. The minimum Gasteiger partial charge on any atom is -0.268 e. The number of hydrogen-bond acceptors (Lipinski definition) is 6. The van der Waals surface area contributed by atoms with Crippen LogP contribution in [0, 0.1) is 5.82 Å². The lowest BCUT2D eigenvalue weighted by atomic mass is 9.97. The molecule has 0 saturated carbocycles. The van der Waals surface area contributed by atoms with Crippen molar-refractivity contribution < 1.29 is 4.39 Å². The summed E-state index contributed by atoms with van der Waals surface area (Å²) in [5.41, 5.74) is 1.13. The summed E-state index contributed by atoms with van der Waals surface area (Å²) in [4.78, 5) is 24.6. The maximum absolute atomic E-state index is 14.7. The number of benzene rings is 1. The van der Waals surface area contributed by atoms with Crippen LogP contribution in [0.3, 0.4) is 0 Å². The smallest absolute Gasteiger partial charge is 0.267 e. The van der Waals surface area contributed by atoms with E-state index in [0.717, 1.165) is 41.9 Å². The lowest BCUT2D eigenvalue weighted by molar-refractivity contribution is 0.608. The molecule has 0 unspecified atom stereocenters. The van der Waals surface area contributed by atoms with E-state index in [1.807, 2.05) is 7.05 Å². The van der Waals surface area contributed by atoms with Crippen LogP contribution in [-0.2, 0) is 25.6 Å². The van der Waals surface area contributed by atoms with Gasteiger partial charge in [0, 0.05) is 11.9 Å². The van der Waals surface area contributed by atoms with Gasteiger partial charge in [-0.25, -0.2) is 14.4 Å². The van der Waals surface area contributed by atoms with Gasteiger partial charge >= 0.3 is 0 Å². The zero-order valence-corrected chi connectivity index (χ0v) is 17.4. The Kier molecular flexibility index (Phi) is 4.71. The molecule has 0 radical (unpaired) electrons. The van der Waals surface area contributed by atoms with Crippen molar-refractivity contribution >= 4 is 33.3 Å². The van der Waals surface area contributed by atoms with Gasteiger partial charge in [0.2, 0.25) is 0 Å². The number of fused-ring (bicyclic) bond motifs is 3. The first-order valence-corrected chi connectivity index (χ1v) is 11.2. The van der Waals surface area contributed by atoms with Crippen molar-refractivity contribution in [1.29, 1.82) is 0 Å². The van der Waals surface area contributed by atoms with Gasteiger partial charge in [-0.3, -0.25) is 14.0 Å². The lowest BCUT2D eigenvalue weighted by Crippen LogP contribution is -2.23. The van der Waals surface area contributed by atoms with Crippen LogP contribution in [0.5, 0.6) is 0 Å². The van der Waals surface area contributed by atoms with Gasteiger partial charge in [0.25, 0.3) is 5.56 Å². The lowest BCUT2D eigenvalue weighted by Gasteiger charge is -2.14. The van der Waals surface area contributed by atoms with Crippen LogP contribution in [0.25, 0.3) is 15.9 Å². The molecule has 4 aromatic rings. The fourth-order valence-corrected chi connectivity index (χ4v) is 6.00. The van der Waals surface area contributed by atoms with Gasteiger partial charge in [-0.15, -0.1) is 11.3 Å². The Balaban J connectivity index is 1.71. The van der Waals surface area contributed by atoms with Crippen molar-refractivity contribution in [2.75, 3.05) is 0 Å². The zero-order valence-electron chi connectivity index (χ0n) is 15.8. The summed E-state index contributed by atoms with van der Waals surface area (Å²) >= 11 is 2.96. The van der Waals surface area contributed by atoms with E-state index in [0.29, 0.717) is 16.3 Å². The highest BCUT2D eigenvalue weighted by Gasteiger charge is 2.24. The van der Waals surface area contributed by atoms with Crippen LogP contribution >= 0.6 is 23.1 Å². The molecule has 3 aromatic heterocycles. The second-order valence-electron chi connectivity index (χ2n) is 6.97. The van der Waals surface area contributed by atoms with E-state index < -0.39 is 5.82 Å². The second-order valence-corrected chi connectivity index (χ2v) is 8.99. The van der Waals surface area contributed by atoms with Crippen LogP contribution in [0.2, 0.25) is 0 Å². The van der Waals surface area contributed by atoms with Crippen molar-refractivity contribution in [3.05, 3.63) is 63.0 Å². The van der Waals surface area contributed by atoms with Gasteiger partial charge in [-0.1, -0.05) is 23.9 Å². The molecule has 3 heterocycles. The molecule has 0 bridgehead atoms. The van der Waals surface area contributed by atoms with Gasteiger partial charge < -0.3 is 0 Å². The third-order valence-corrected chi connectivity index (χ3v) is 7.31. The molecule has 1 aromatic carbocycles. The molecule has 0 atom stereocenters. The molecule has 0 amide bonds. The molecule has 9 heteroatoms. The van der Waals surface area contributed by atoms with Crippen LogP contribution in [0.1, 0.15) is 29.1 Å². The van der Waals surface area contributed by atoms with Crippen molar-refractivity contribution in [1.82, 2.24) is 24.3 Å². The number of thioether (sulfide) groups is 1. The van der Waals surface area contributed by atoms with E-state index in [-0.39, 0.29) is 11.2 Å². The molecule has 0 aliphatic heterocycles. The molecule has 148 valence electrons. The Hall–Kier alpha value is -2.52. The van der Waals surface area contributed by atoms with E-state index >= 15 is 0 Å². The molecule has 1 aliphatic carbocycles. The van der Waals surface area contributed by atoms with Gasteiger partial charge in [-0.2, -0.15) is 5.10 Å². The van der Waals surface area contributed by atoms with Crippen molar-refractivity contribution in [3.63, 3.8) is 0 Å². The normalized spacial score (nSPS) is 13.7. The van der Waals surface area contributed by atoms with Crippen LogP contribution in [0.15, 0.2) is 40.5 Å². The molecule has 1 aliphatic rings. The van der Waals surface area contributed by atoms with Gasteiger partial charge in [-0.05, 0) is 43.4 Å². The molecule has 0 saturated heterocycles. The number of thiophene rings is 1. The Morgan fingerprint density at radius 2 is 2.07 bits per heavy atom. The molecule has 6 nitrogen and oxygen atoms in total. The predicted molar refractivity (Wildman–Crippen MR) is 112 cm³/mol. The number of halogens is 1. The first-order chi connectivity index (χ1) is 14.1. The zero-order chi connectivity index (χ0) is 20.0. The predicted octanol–water partition coefficient (Wildman–Crippen LogP) is 3.89. The third kappa shape index (κ3) is 3.18. The van der Waals surface area contributed by atoms with Crippen LogP contribution in [-0.4, -0.2) is 24.3 Å². The largest absolute Gasteiger partial charge is 0.268 e. The SMILES string of the molecule is Cn1ncnc1CSc1nc2sc3c(c2c(=O)n1-c1ccccc1F)CCCC3. The highest BCUT2D eigenvalue weighted by Crippen LogP contribution is 2.35. The number of nitrogens with zero attached hydrogens (tertiary/aromatic N) is 5. The average Bonchev–Trinajstić information content (AvgIpc) is 3.30. The highest BCUT2D eigenvalue weighted by atomic mass is 32.2. The molecular formula is C20H18FN5OS2. The number of rotatable bonds is 4. The standard InChI is InChI=1S/C20H18FN5OS2/c1-25-16(22-11-23-25)10-28-20-24-18-17(12-6-2-5-9-15(12)29-18)19(27)26(20)14-8-4-3-7-13(14)21/h3-4,7-8,11H,2,5-6,9-10H2,1H3. The topological polar surface area (TPSA) is 65.6 Å². The van der Waals surface area contributed by atoms with E-state index in [9.17, 15) is 9.18 Å². The van der Waals surface area contributed by atoms with Crippen LogP contribution in [0.4, 0.5) is 4.39 Å². The Labute approximate surface area is 174 Å². The Morgan fingerprint density at radius 1 is 1.24 bits per heavy atom. The van der Waals surface area contributed by atoms with Crippen molar-refractivity contribution in [2.45, 2.75) is 36.6 Å². The quantitative estimate of drug-likeness (QED) is 0.365. The Morgan fingerprint density at radius 3 is 2.86 bits per heavy atom. The summed E-state index contributed by atoms with van der Waals surface area (Å²) in [6.45, 7) is 0. The minimum absolute atomic E-state index is 0.194. The number of hydrogen-bond donors (Lipinski definition) is 0. The van der Waals surface area contributed by atoms with Crippen molar-refractivity contribution in [3.8, 4) is 5.69 Å². The number of aryl methyl sites for hydroxylation is 3. The third-order valence-electron chi connectivity index (χ3n) is 5.19. The first kappa shape index (κ1) is 18.5. The summed E-state index contributed by atoms with van der Waals surface area (Å²) in [6, 6.07) is 6.34. The highest BCUT2D eigenvalue weighted by molar-refractivity contribution is 7.98. The fraction of sp³-hybridized carbons (Fsp3) is 0.300. The monoisotopic (exact) mass is 427 g/mol. The number of para-hydroxylation sites is 1. The summed E-state index contributed by atoms with van der Waals surface area (Å²) in [5.74, 6) is 0.795. The summed E-state index contributed by atoms with van der Waals surface area (Å²) in [6.07, 6.45) is 5.56. The molecule has 0 N–H and O–H groups in total. The van der Waals surface area contributed by atoms with E-state index in [1.165, 1.54) is 33.6 Å². The van der Waals surface area contributed by atoms with E-state index in [4.69, 9.17) is 4.98 Å². The van der Waals surface area contributed by atoms with E-state index in [2.05, 4.69) is 10.1 Å².